The SMILES string of the molecule is CCCCCCCCCN(CC(=O)O)OCc1ccccc1. The highest BCUT2D eigenvalue weighted by Gasteiger charge is 2.10. The minimum absolute atomic E-state index is 0.0668. The van der Waals surface area contributed by atoms with E-state index < -0.39 is 5.97 Å². The number of unbranched alkanes of at least 4 members (excludes halogenated alkanes) is 6. The van der Waals surface area contributed by atoms with Crippen LogP contribution in [0, 0.1) is 0 Å². The molecule has 0 fully saturated rings. The highest BCUT2D eigenvalue weighted by molar-refractivity contribution is 5.68. The van der Waals surface area contributed by atoms with E-state index in [9.17, 15) is 4.79 Å². The van der Waals surface area contributed by atoms with Crippen molar-refractivity contribution in [3.8, 4) is 0 Å². The maximum Gasteiger partial charge on any atom is 0.320 e. The van der Waals surface area contributed by atoms with E-state index >= 15 is 0 Å². The molecule has 0 aliphatic rings. The van der Waals surface area contributed by atoms with Crippen molar-refractivity contribution in [2.45, 2.75) is 58.5 Å². The molecule has 1 rings (SSSR count). The lowest BCUT2D eigenvalue weighted by atomic mass is 10.1. The Kier molecular flexibility index (Phi) is 10.3. The average molecular weight is 307 g/mol. The molecule has 0 atom stereocenters. The van der Waals surface area contributed by atoms with Crippen molar-refractivity contribution in [3.63, 3.8) is 0 Å². The zero-order valence-corrected chi connectivity index (χ0v) is 13.7. The van der Waals surface area contributed by atoms with Crippen LogP contribution in [-0.2, 0) is 16.2 Å². The summed E-state index contributed by atoms with van der Waals surface area (Å²) in [7, 11) is 0. The third kappa shape index (κ3) is 9.53. The van der Waals surface area contributed by atoms with Gasteiger partial charge in [-0.3, -0.25) is 9.63 Å². The van der Waals surface area contributed by atoms with Gasteiger partial charge in [-0.1, -0.05) is 75.8 Å². The van der Waals surface area contributed by atoms with Gasteiger partial charge in [-0.2, -0.15) is 5.06 Å². The number of carbonyl (C=O) groups is 1. The van der Waals surface area contributed by atoms with Crippen molar-refractivity contribution in [1.29, 1.82) is 0 Å². The maximum absolute atomic E-state index is 10.9. The standard InChI is InChI=1S/C18H29NO3/c1-2-3-4-5-6-7-11-14-19(15-18(20)21)22-16-17-12-9-8-10-13-17/h8-10,12-13H,2-7,11,14-16H2,1H3,(H,20,21). The van der Waals surface area contributed by atoms with Crippen molar-refractivity contribution in [1.82, 2.24) is 5.06 Å². The van der Waals surface area contributed by atoms with Gasteiger partial charge < -0.3 is 5.11 Å². The molecule has 0 bridgehead atoms. The molecule has 0 spiro atoms. The number of hydrogen-bond acceptors (Lipinski definition) is 3. The number of aliphatic carboxylic acids is 1. The average Bonchev–Trinajstić information content (AvgIpc) is 2.52. The molecule has 0 saturated heterocycles. The van der Waals surface area contributed by atoms with Crippen molar-refractivity contribution in [2.24, 2.45) is 0 Å². The van der Waals surface area contributed by atoms with Crippen LogP contribution in [0.15, 0.2) is 30.3 Å². The zero-order valence-electron chi connectivity index (χ0n) is 13.7. The van der Waals surface area contributed by atoms with Crippen molar-refractivity contribution in [3.05, 3.63) is 35.9 Å². The van der Waals surface area contributed by atoms with Crippen LogP contribution in [0.5, 0.6) is 0 Å². The molecule has 124 valence electrons. The molecule has 0 saturated carbocycles. The number of carboxylic acids is 1. The number of rotatable bonds is 13. The molecule has 0 aliphatic carbocycles. The van der Waals surface area contributed by atoms with Crippen molar-refractivity contribution in [2.75, 3.05) is 13.1 Å². The molecule has 1 aromatic rings. The molecule has 1 N–H and O–H groups in total. The van der Waals surface area contributed by atoms with E-state index in [0.29, 0.717) is 13.2 Å². The number of carboxylic acid groups (broad SMARTS) is 1. The maximum atomic E-state index is 10.9. The fraction of sp³-hybridized carbons (Fsp3) is 0.611. The van der Waals surface area contributed by atoms with Crippen LogP contribution in [0.1, 0.15) is 57.4 Å². The molecule has 0 heterocycles. The van der Waals surface area contributed by atoms with Gasteiger partial charge in [-0.25, -0.2) is 0 Å². The van der Waals surface area contributed by atoms with Gasteiger partial charge in [0.25, 0.3) is 0 Å². The lowest BCUT2D eigenvalue weighted by molar-refractivity contribution is -0.183. The number of hydroxylamine groups is 2. The minimum atomic E-state index is -0.851. The van der Waals surface area contributed by atoms with Crippen molar-refractivity contribution < 1.29 is 14.7 Å². The fourth-order valence-electron chi connectivity index (χ4n) is 2.33. The van der Waals surface area contributed by atoms with Crippen LogP contribution < -0.4 is 0 Å². The molecule has 22 heavy (non-hydrogen) atoms. The minimum Gasteiger partial charge on any atom is -0.480 e. The van der Waals surface area contributed by atoms with E-state index in [1.165, 1.54) is 32.1 Å². The molecule has 4 heteroatoms. The van der Waals surface area contributed by atoms with E-state index in [4.69, 9.17) is 9.94 Å². The van der Waals surface area contributed by atoms with Gasteiger partial charge in [0.2, 0.25) is 0 Å². The van der Waals surface area contributed by atoms with Gasteiger partial charge in [0, 0.05) is 6.54 Å². The van der Waals surface area contributed by atoms with Crippen LogP contribution in [0.2, 0.25) is 0 Å². The lowest BCUT2D eigenvalue weighted by Crippen LogP contribution is -2.30. The summed E-state index contributed by atoms with van der Waals surface area (Å²) in [6.45, 7) is 3.24. The van der Waals surface area contributed by atoms with E-state index in [0.717, 1.165) is 18.4 Å². The Morgan fingerprint density at radius 3 is 2.32 bits per heavy atom. The Morgan fingerprint density at radius 2 is 1.68 bits per heavy atom. The zero-order chi connectivity index (χ0) is 16.0. The van der Waals surface area contributed by atoms with E-state index in [-0.39, 0.29) is 6.54 Å². The first-order valence-electron chi connectivity index (χ1n) is 8.36. The van der Waals surface area contributed by atoms with Gasteiger partial charge in [-0.05, 0) is 12.0 Å². The quantitative estimate of drug-likeness (QED) is 0.437. The molecule has 0 aliphatic heterocycles. The van der Waals surface area contributed by atoms with E-state index in [2.05, 4.69) is 6.92 Å². The molecule has 0 unspecified atom stereocenters. The Bertz CT molecular complexity index is 395. The van der Waals surface area contributed by atoms with Crippen molar-refractivity contribution >= 4 is 5.97 Å². The predicted octanol–water partition coefficient (Wildman–Crippen LogP) is 4.26. The fourth-order valence-corrected chi connectivity index (χ4v) is 2.33. The monoisotopic (exact) mass is 307 g/mol. The smallest absolute Gasteiger partial charge is 0.320 e. The lowest BCUT2D eigenvalue weighted by Gasteiger charge is -2.20. The second-order valence-electron chi connectivity index (χ2n) is 5.64. The van der Waals surface area contributed by atoms with Crippen LogP contribution in [0.4, 0.5) is 0 Å². The first kappa shape index (κ1) is 18.7. The molecule has 4 nitrogen and oxygen atoms in total. The molecule has 1 aromatic carbocycles. The van der Waals surface area contributed by atoms with Crippen LogP contribution in [0.3, 0.4) is 0 Å². The largest absolute Gasteiger partial charge is 0.480 e. The Balaban J connectivity index is 2.21. The van der Waals surface area contributed by atoms with E-state index in [1.807, 2.05) is 30.3 Å². The van der Waals surface area contributed by atoms with Gasteiger partial charge >= 0.3 is 5.97 Å². The molecule has 0 amide bonds. The first-order valence-corrected chi connectivity index (χ1v) is 8.36. The summed E-state index contributed by atoms with van der Waals surface area (Å²) in [5.41, 5.74) is 1.05. The second kappa shape index (κ2) is 12.2. The Labute approximate surface area is 134 Å². The summed E-state index contributed by atoms with van der Waals surface area (Å²) in [6, 6.07) is 9.82. The summed E-state index contributed by atoms with van der Waals surface area (Å²) < 4.78 is 0. The van der Waals surface area contributed by atoms with Gasteiger partial charge in [-0.15, -0.1) is 0 Å². The van der Waals surface area contributed by atoms with Gasteiger partial charge in [0.15, 0.2) is 0 Å². The summed E-state index contributed by atoms with van der Waals surface area (Å²) in [5, 5.41) is 10.5. The molecule has 0 radical (unpaired) electrons. The molecule has 0 aromatic heterocycles. The third-order valence-electron chi connectivity index (χ3n) is 3.58. The van der Waals surface area contributed by atoms with Gasteiger partial charge in [0.05, 0.1) is 6.61 Å². The highest BCUT2D eigenvalue weighted by Crippen LogP contribution is 2.09. The van der Waals surface area contributed by atoms with Crippen LogP contribution in [0.25, 0.3) is 0 Å². The first-order chi connectivity index (χ1) is 10.7. The molecular formula is C18H29NO3. The Morgan fingerprint density at radius 1 is 1.05 bits per heavy atom. The Hall–Kier alpha value is -1.39. The predicted molar refractivity (Wildman–Crippen MR) is 88.4 cm³/mol. The summed E-state index contributed by atoms with van der Waals surface area (Å²) in [6.07, 6.45) is 8.49. The summed E-state index contributed by atoms with van der Waals surface area (Å²) in [5.74, 6) is -0.851. The summed E-state index contributed by atoms with van der Waals surface area (Å²) >= 11 is 0. The number of benzene rings is 1. The van der Waals surface area contributed by atoms with E-state index in [1.54, 1.807) is 5.06 Å². The second-order valence-corrected chi connectivity index (χ2v) is 5.64. The van der Waals surface area contributed by atoms with Crippen LogP contribution in [-0.4, -0.2) is 29.2 Å². The number of hydrogen-bond donors (Lipinski definition) is 1. The van der Waals surface area contributed by atoms with Gasteiger partial charge in [0.1, 0.15) is 6.54 Å². The van der Waals surface area contributed by atoms with Crippen LogP contribution >= 0.6 is 0 Å². The highest BCUT2D eigenvalue weighted by atomic mass is 16.7. The third-order valence-corrected chi connectivity index (χ3v) is 3.58. The molecular weight excluding hydrogens is 278 g/mol. The normalized spacial score (nSPS) is 11.0. The topological polar surface area (TPSA) is 49.8 Å². The summed E-state index contributed by atoms with van der Waals surface area (Å²) in [4.78, 5) is 16.5. The number of nitrogens with zero attached hydrogens (tertiary/aromatic N) is 1.